The smallest absolute Gasteiger partial charge is 0.309 e. The van der Waals surface area contributed by atoms with Crippen molar-refractivity contribution in [1.82, 2.24) is 0 Å². The van der Waals surface area contributed by atoms with Crippen molar-refractivity contribution in [1.29, 1.82) is 0 Å². The molecule has 0 aromatic carbocycles. The Bertz CT molecular complexity index is 1410. The number of alkyl halides is 1. The van der Waals surface area contributed by atoms with Crippen LogP contribution in [0.4, 0.5) is 0 Å². The molecule has 22 heteroatoms. The number of carbonyl (C=O) groups is 1. The first kappa shape index (κ1) is 47.9. The summed E-state index contributed by atoms with van der Waals surface area (Å²) in [5, 5.41) is 129. The van der Waals surface area contributed by atoms with Gasteiger partial charge in [-0.2, -0.15) is 0 Å². The van der Waals surface area contributed by atoms with E-state index < -0.39 is 172 Å². The Morgan fingerprint density at radius 3 is 1.97 bits per heavy atom. The Kier molecular flexibility index (Phi) is 16.2. The van der Waals surface area contributed by atoms with Crippen LogP contribution in [0.5, 0.6) is 0 Å². The Morgan fingerprint density at radius 1 is 0.574 bits per heavy atom. The molecule has 7 fully saturated rings. The van der Waals surface area contributed by atoms with Gasteiger partial charge >= 0.3 is 5.97 Å². The van der Waals surface area contributed by atoms with E-state index in [1.54, 1.807) is 0 Å². The van der Waals surface area contributed by atoms with E-state index in [1.165, 1.54) is 0 Å². The van der Waals surface area contributed by atoms with Gasteiger partial charge in [0.2, 0.25) is 0 Å². The standard InChI is InChI=1S/C39H63ClO21/c40-16-4-1-14(2-5-16)36(53)54-12-25-28(47)30(49)33(52)37(59-25)56-13-26-29(48)31(50)35(61-38-32(51)27(46)22(45)11-55-38)39(60-26)58-24-10-18-20(43)8-17(41)9-23(18)57-34(24)15-3-6-19(42)21(44)7-15/h14-35,37-39,41-52H,1-13H2/t14?,15?,16?,17?,18?,19?,20?,21?,22-,23?,24?,25-,26-,27+,28-,29+,30+,31+,32-,33-,34?,35-,37-,38+,39-/m1/s1. The van der Waals surface area contributed by atoms with Gasteiger partial charge in [-0.25, -0.2) is 0 Å². The quantitative estimate of drug-likeness (QED) is 0.0688. The van der Waals surface area contributed by atoms with Crippen LogP contribution in [-0.2, 0) is 42.7 Å². The molecule has 0 spiro atoms. The number of fused-ring (bicyclic) bond motifs is 1. The van der Waals surface area contributed by atoms with Gasteiger partial charge in [0.05, 0.1) is 61.9 Å². The lowest BCUT2D eigenvalue weighted by Crippen LogP contribution is -2.65. The fourth-order valence-corrected chi connectivity index (χ4v) is 10.1. The van der Waals surface area contributed by atoms with Gasteiger partial charge < -0.3 is 99.2 Å². The summed E-state index contributed by atoms with van der Waals surface area (Å²) in [6.07, 6.45) is -26.2. The first-order valence-electron chi connectivity index (χ1n) is 21.5. The zero-order valence-corrected chi connectivity index (χ0v) is 34.3. The molecule has 9 unspecified atom stereocenters. The summed E-state index contributed by atoms with van der Waals surface area (Å²) in [7, 11) is 0. The van der Waals surface area contributed by atoms with Gasteiger partial charge in [-0.3, -0.25) is 4.79 Å². The van der Waals surface area contributed by atoms with E-state index in [2.05, 4.69) is 0 Å². The number of esters is 1. The Hall–Kier alpha value is -1.00. The third-order valence-electron chi connectivity index (χ3n) is 13.7. The van der Waals surface area contributed by atoms with E-state index in [1.807, 2.05) is 0 Å². The number of ether oxygens (including phenoxy) is 8. The third-order valence-corrected chi connectivity index (χ3v) is 14.1. The fraction of sp³-hybridized carbons (Fsp3) is 0.974. The number of carbonyl (C=O) groups excluding carboxylic acids is 1. The number of aliphatic hydroxyl groups excluding tert-OH is 12. The molecule has 23 atom stereocenters. The highest BCUT2D eigenvalue weighted by Gasteiger charge is 2.55. The van der Waals surface area contributed by atoms with E-state index in [4.69, 9.17) is 49.5 Å². The minimum absolute atomic E-state index is 0.0299. The molecule has 0 radical (unpaired) electrons. The zero-order chi connectivity index (χ0) is 43.9. The zero-order valence-electron chi connectivity index (χ0n) is 33.5. The second kappa shape index (κ2) is 20.7. The summed E-state index contributed by atoms with van der Waals surface area (Å²) in [6, 6.07) is 0. The van der Waals surface area contributed by atoms with Crippen LogP contribution >= 0.6 is 11.6 Å². The molecular formula is C39H63ClO21. The Morgan fingerprint density at radius 2 is 1.25 bits per heavy atom. The lowest BCUT2D eigenvalue weighted by Gasteiger charge is -2.51. The van der Waals surface area contributed by atoms with E-state index in [0.29, 0.717) is 32.1 Å². The molecule has 0 aromatic rings. The van der Waals surface area contributed by atoms with Crippen molar-refractivity contribution in [2.75, 3.05) is 19.8 Å². The lowest BCUT2D eigenvalue weighted by atomic mass is 9.72. The minimum Gasteiger partial charge on any atom is -0.463 e. The number of halogens is 1. The van der Waals surface area contributed by atoms with Crippen LogP contribution in [0.15, 0.2) is 0 Å². The van der Waals surface area contributed by atoms with Crippen molar-refractivity contribution in [3.05, 3.63) is 0 Å². The Labute approximate surface area is 356 Å². The molecular weight excluding hydrogens is 840 g/mol. The molecule has 12 N–H and O–H groups in total. The number of aliphatic hydroxyl groups is 12. The number of rotatable bonds is 11. The topological polar surface area (TPSA) is 334 Å². The normalized spacial score (nSPS) is 52.2. The predicted octanol–water partition coefficient (Wildman–Crippen LogP) is -4.38. The molecule has 0 bridgehead atoms. The second-order valence-corrected chi connectivity index (χ2v) is 18.5. The van der Waals surface area contributed by atoms with Crippen molar-refractivity contribution >= 4 is 17.6 Å². The molecule has 4 aliphatic heterocycles. The van der Waals surface area contributed by atoms with Gasteiger partial charge in [-0.1, -0.05) is 0 Å². The van der Waals surface area contributed by atoms with E-state index in [-0.39, 0.29) is 37.5 Å². The minimum atomic E-state index is -1.89. The van der Waals surface area contributed by atoms with E-state index >= 15 is 0 Å². The molecule has 352 valence electrons. The lowest BCUT2D eigenvalue weighted by molar-refractivity contribution is -0.376. The summed E-state index contributed by atoms with van der Waals surface area (Å²) in [5.41, 5.74) is 0. The largest absolute Gasteiger partial charge is 0.463 e. The highest BCUT2D eigenvalue weighted by molar-refractivity contribution is 6.20. The summed E-state index contributed by atoms with van der Waals surface area (Å²) in [6.45, 7) is -1.59. The SMILES string of the molecule is O=C(OC[C@H]1O[C@@H](OC[C@H]2O[C@@H](OC3CC4C(O)CC(O)CC4OC3C3CCC(O)C(O)C3)[C@H](O[C@@H]3OC[C@@H](O)[C@H](O)[C@H]3O)[C@@H](O)[C@H]2O)[C@H](O)[C@@H](O)[C@@H]1O)C1CCC(Cl)CC1. The van der Waals surface area contributed by atoms with Crippen molar-refractivity contribution in [2.24, 2.45) is 17.8 Å². The van der Waals surface area contributed by atoms with Crippen LogP contribution < -0.4 is 0 Å². The Balaban J connectivity index is 1.08. The maximum atomic E-state index is 12.8. The van der Waals surface area contributed by atoms with Crippen LogP contribution in [-0.4, -0.2) is 221 Å². The average Bonchev–Trinajstić information content (AvgIpc) is 3.23. The van der Waals surface area contributed by atoms with Gasteiger partial charge in [-0.15, -0.1) is 11.6 Å². The molecule has 7 aliphatic rings. The first-order chi connectivity index (χ1) is 29.0. The van der Waals surface area contributed by atoms with Crippen LogP contribution in [0.25, 0.3) is 0 Å². The molecule has 61 heavy (non-hydrogen) atoms. The van der Waals surface area contributed by atoms with Crippen LogP contribution in [0.1, 0.15) is 64.2 Å². The average molecular weight is 903 g/mol. The maximum Gasteiger partial charge on any atom is 0.309 e. The van der Waals surface area contributed by atoms with Gasteiger partial charge in [0.1, 0.15) is 73.8 Å². The van der Waals surface area contributed by atoms with Gasteiger partial charge in [0.15, 0.2) is 18.9 Å². The van der Waals surface area contributed by atoms with Crippen LogP contribution in [0, 0.1) is 17.8 Å². The predicted molar refractivity (Wildman–Crippen MR) is 201 cm³/mol. The molecule has 4 saturated heterocycles. The van der Waals surface area contributed by atoms with Crippen LogP contribution in [0.3, 0.4) is 0 Å². The number of hydrogen-bond donors (Lipinski definition) is 12. The van der Waals surface area contributed by atoms with Gasteiger partial charge in [0, 0.05) is 11.3 Å². The summed E-state index contributed by atoms with van der Waals surface area (Å²) in [5.74, 6) is -1.85. The highest BCUT2D eigenvalue weighted by Crippen LogP contribution is 2.44. The van der Waals surface area contributed by atoms with Crippen LogP contribution in [0.2, 0.25) is 0 Å². The molecule has 21 nitrogen and oxygen atoms in total. The third kappa shape index (κ3) is 10.8. The van der Waals surface area contributed by atoms with Crippen molar-refractivity contribution in [2.45, 2.75) is 198 Å². The summed E-state index contributed by atoms with van der Waals surface area (Å²) >= 11 is 6.15. The monoisotopic (exact) mass is 902 g/mol. The van der Waals surface area contributed by atoms with E-state index in [0.717, 1.165) is 0 Å². The van der Waals surface area contributed by atoms with Crippen molar-refractivity contribution in [3.63, 3.8) is 0 Å². The van der Waals surface area contributed by atoms with Crippen molar-refractivity contribution < 1.29 is 104 Å². The summed E-state index contributed by atoms with van der Waals surface area (Å²) < 4.78 is 47.6. The van der Waals surface area contributed by atoms with Gasteiger partial charge in [-0.05, 0) is 70.1 Å². The molecule has 3 aliphatic carbocycles. The summed E-state index contributed by atoms with van der Waals surface area (Å²) in [4.78, 5) is 12.8. The van der Waals surface area contributed by atoms with Crippen molar-refractivity contribution in [3.8, 4) is 0 Å². The highest BCUT2D eigenvalue weighted by atomic mass is 35.5. The molecule has 0 amide bonds. The van der Waals surface area contributed by atoms with E-state index in [9.17, 15) is 66.1 Å². The second-order valence-electron chi connectivity index (χ2n) is 17.9. The fourth-order valence-electron chi connectivity index (χ4n) is 9.88. The maximum absolute atomic E-state index is 12.8. The molecule has 3 saturated carbocycles. The molecule has 0 aromatic heterocycles. The number of hydrogen-bond acceptors (Lipinski definition) is 21. The first-order valence-corrected chi connectivity index (χ1v) is 21.9. The molecule has 7 rings (SSSR count). The van der Waals surface area contributed by atoms with Gasteiger partial charge in [0.25, 0.3) is 0 Å². The molecule has 4 heterocycles.